The van der Waals surface area contributed by atoms with Crippen LogP contribution in [0.1, 0.15) is 18.5 Å². The number of thioether (sulfide) groups is 1. The number of benzene rings is 1. The molecule has 1 atom stereocenters. The lowest BCUT2D eigenvalue weighted by Gasteiger charge is -2.17. The molecule has 0 saturated carbocycles. The minimum absolute atomic E-state index is 0.329. The summed E-state index contributed by atoms with van der Waals surface area (Å²) in [6.45, 7) is 3.09. The maximum absolute atomic E-state index is 4.20. The van der Waals surface area contributed by atoms with Crippen molar-refractivity contribution in [1.29, 1.82) is 0 Å². The fourth-order valence-electron chi connectivity index (χ4n) is 1.84. The van der Waals surface area contributed by atoms with Crippen LogP contribution in [-0.4, -0.2) is 17.3 Å². The summed E-state index contributed by atoms with van der Waals surface area (Å²) in [5.74, 6) is 0.988. The Balaban J connectivity index is 2.04. The Hall–Kier alpha value is -0.840. The van der Waals surface area contributed by atoms with Crippen molar-refractivity contribution in [3.8, 4) is 0 Å². The van der Waals surface area contributed by atoms with Gasteiger partial charge in [0.2, 0.25) is 0 Å². The van der Waals surface area contributed by atoms with Crippen LogP contribution >= 0.6 is 27.7 Å². The van der Waals surface area contributed by atoms with Crippen LogP contribution in [0.25, 0.3) is 0 Å². The van der Waals surface area contributed by atoms with Crippen molar-refractivity contribution in [2.24, 2.45) is 0 Å². The highest BCUT2D eigenvalue weighted by Crippen LogP contribution is 2.30. The normalized spacial score (nSPS) is 12.3. The lowest BCUT2D eigenvalue weighted by atomic mass is 10.1. The van der Waals surface area contributed by atoms with E-state index >= 15 is 0 Å². The quantitative estimate of drug-likeness (QED) is 0.796. The van der Waals surface area contributed by atoms with Crippen molar-refractivity contribution in [3.05, 3.63) is 58.8 Å². The summed E-state index contributed by atoms with van der Waals surface area (Å²) >= 11 is 5.44. The van der Waals surface area contributed by atoms with Gasteiger partial charge in [-0.05, 0) is 46.2 Å². The number of hydrogen-bond acceptors (Lipinski definition) is 3. The number of pyridine rings is 1. The van der Waals surface area contributed by atoms with Crippen LogP contribution in [0.3, 0.4) is 0 Å². The lowest BCUT2D eigenvalue weighted by molar-refractivity contribution is 0.604. The molecule has 4 heteroatoms. The van der Waals surface area contributed by atoms with Crippen LogP contribution in [0.5, 0.6) is 0 Å². The van der Waals surface area contributed by atoms with Crippen LogP contribution in [-0.2, 0) is 0 Å². The predicted octanol–water partition coefficient (Wildman–Crippen LogP) is 4.29. The number of rotatable bonds is 6. The highest BCUT2D eigenvalue weighted by atomic mass is 79.9. The monoisotopic (exact) mass is 336 g/mol. The molecule has 0 aliphatic carbocycles. The zero-order valence-electron chi connectivity index (χ0n) is 10.8. The van der Waals surface area contributed by atoms with E-state index in [0.29, 0.717) is 6.04 Å². The third kappa shape index (κ3) is 4.34. The topological polar surface area (TPSA) is 24.9 Å². The molecule has 1 aromatic heterocycles. The summed E-state index contributed by atoms with van der Waals surface area (Å²) in [4.78, 5) is 5.47. The van der Waals surface area contributed by atoms with Crippen molar-refractivity contribution in [2.75, 3.05) is 12.3 Å². The van der Waals surface area contributed by atoms with Gasteiger partial charge in [-0.25, -0.2) is 0 Å². The van der Waals surface area contributed by atoms with E-state index in [1.165, 1.54) is 10.5 Å². The van der Waals surface area contributed by atoms with Crippen LogP contribution < -0.4 is 5.32 Å². The van der Waals surface area contributed by atoms with Gasteiger partial charge in [-0.1, -0.05) is 25.1 Å². The van der Waals surface area contributed by atoms with Crippen LogP contribution in [0.15, 0.2) is 58.2 Å². The van der Waals surface area contributed by atoms with E-state index in [2.05, 4.69) is 57.4 Å². The van der Waals surface area contributed by atoms with E-state index in [1.807, 2.05) is 36.3 Å². The number of nitrogens with zero attached hydrogens (tertiary/aromatic N) is 1. The van der Waals surface area contributed by atoms with E-state index in [4.69, 9.17) is 0 Å². The molecular formula is C15H17BrN2S. The maximum Gasteiger partial charge on any atom is 0.0430 e. The van der Waals surface area contributed by atoms with Crippen LogP contribution in [0.4, 0.5) is 0 Å². The number of nitrogens with one attached hydrogen (secondary N) is 1. The standard InChI is InChI=1S/C15H17BrN2S/c1-2-18-14(12-6-5-9-17-10-12)11-19-15-8-4-3-7-13(15)16/h3-10,14,18H,2,11H2,1H3. The Kier molecular flexibility index (Phi) is 5.89. The van der Waals surface area contributed by atoms with Gasteiger partial charge in [0.05, 0.1) is 0 Å². The van der Waals surface area contributed by atoms with Crippen molar-refractivity contribution in [3.63, 3.8) is 0 Å². The number of hydrogen-bond donors (Lipinski definition) is 1. The Morgan fingerprint density at radius 3 is 2.79 bits per heavy atom. The highest BCUT2D eigenvalue weighted by molar-refractivity contribution is 9.10. The van der Waals surface area contributed by atoms with Gasteiger partial charge in [-0.3, -0.25) is 4.98 Å². The van der Waals surface area contributed by atoms with Crippen molar-refractivity contribution in [2.45, 2.75) is 17.9 Å². The summed E-state index contributed by atoms with van der Waals surface area (Å²) in [6, 6.07) is 12.8. The van der Waals surface area contributed by atoms with Crippen molar-refractivity contribution in [1.82, 2.24) is 10.3 Å². The molecule has 1 aromatic carbocycles. The molecular weight excluding hydrogens is 320 g/mol. The predicted molar refractivity (Wildman–Crippen MR) is 85.5 cm³/mol. The van der Waals surface area contributed by atoms with E-state index in [9.17, 15) is 0 Å². The fraction of sp³-hybridized carbons (Fsp3) is 0.267. The van der Waals surface area contributed by atoms with E-state index < -0.39 is 0 Å². The summed E-state index contributed by atoms with van der Waals surface area (Å²) in [5, 5.41) is 3.51. The average molecular weight is 337 g/mol. The second kappa shape index (κ2) is 7.68. The molecule has 0 bridgehead atoms. The van der Waals surface area contributed by atoms with Crippen LogP contribution in [0, 0.1) is 0 Å². The minimum atomic E-state index is 0.329. The van der Waals surface area contributed by atoms with Crippen molar-refractivity contribution < 1.29 is 0 Å². The second-order valence-electron chi connectivity index (χ2n) is 4.14. The smallest absolute Gasteiger partial charge is 0.0430 e. The molecule has 0 saturated heterocycles. The Bertz CT molecular complexity index is 505. The van der Waals surface area contributed by atoms with Crippen LogP contribution in [0.2, 0.25) is 0 Å². The molecule has 2 aromatic rings. The van der Waals surface area contributed by atoms with E-state index in [1.54, 1.807) is 0 Å². The summed E-state index contributed by atoms with van der Waals surface area (Å²) in [6.07, 6.45) is 3.75. The third-order valence-electron chi connectivity index (χ3n) is 2.78. The summed E-state index contributed by atoms with van der Waals surface area (Å²) < 4.78 is 1.15. The molecule has 1 heterocycles. The molecule has 0 spiro atoms. The Labute approximate surface area is 127 Å². The lowest BCUT2D eigenvalue weighted by Crippen LogP contribution is -2.23. The number of halogens is 1. The highest BCUT2D eigenvalue weighted by Gasteiger charge is 2.11. The fourth-order valence-corrected chi connectivity index (χ4v) is 3.50. The molecule has 2 nitrogen and oxygen atoms in total. The van der Waals surface area contributed by atoms with Gasteiger partial charge in [0.25, 0.3) is 0 Å². The zero-order valence-corrected chi connectivity index (χ0v) is 13.2. The molecule has 1 unspecified atom stereocenters. The first-order chi connectivity index (χ1) is 9.31. The summed E-state index contributed by atoms with van der Waals surface area (Å²) in [5.41, 5.74) is 1.24. The molecule has 0 radical (unpaired) electrons. The minimum Gasteiger partial charge on any atom is -0.309 e. The summed E-state index contributed by atoms with van der Waals surface area (Å²) in [7, 11) is 0. The Morgan fingerprint density at radius 1 is 1.26 bits per heavy atom. The average Bonchev–Trinajstić information content (AvgIpc) is 2.46. The first kappa shape index (κ1) is 14.6. The van der Waals surface area contributed by atoms with E-state index in [0.717, 1.165) is 16.8 Å². The molecule has 2 rings (SSSR count). The molecule has 1 N–H and O–H groups in total. The zero-order chi connectivity index (χ0) is 13.5. The van der Waals surface area contributed by atoms with Gasteiger partial charge in [0.15, 0.2) is 0 Å². The van der Waals surface area contributed by atoms with Gasteiger partial charge in [-0.15, -0.1) is 11.8 Å². The van der Waals surface area contributed by atoms with Gasteiger partial charge in [0, 0.05) is 33.6 Å². The Morgan fingerprint density at radius 2 is 2.11 bits per heavy atom. The maximum atomic E-state index is 4.20. The molecule has 100 valence electrons. The first-order valence-electron chi connectivity index (χ1n) is 6.32. The van der Waals surface area contributed by atoms with Gasteiger partial charge in [-0.2, -0.15) is 0 Å². The molecule has 0 aliphatic heterocycles. The molecule has 0 aliphatic rings. The van der Waals surface area contributed by atoms with Gasteiger partial charge in [0.1, 0.15) is 0 Å². The van der Waals surface area contributed by atoms with E-state index in [-0.39, 0.29) is 0 Å². The molecule has 0 fully saturated rings. The molecule has 0 amide bonds. The van der Waals surface area contributed by atoms with Gasteiger partial charge >= 0.3 is 0 Å². The largest absolute Gasteiger partial charge is 0.309 e. The van der Waals surface area contributed by atoms with Gasteiger partial charge < -0.3 is 5.32 Å². The third-order valence-corrected chi connectivity index (χ3v) is 4.90. The second-order valence-corrected chi connectivity index (χ2v) is 6.05. The molecule has 19 heavy (non-hydrogen) atoms. The first-order valence-corrected chi connectivity index (χ1v) is 8.09. The van der Waals surface area contributed by atoms with Crippen molar-refractivity contribution >= 4 is 27.7 Å². The SMILES string of the molecule is CCNC(CSc1ccccc1Br)c1cccnc1. The number of aromatic nitrogens is 1.